The van der Waals surface area contributed by atoms with Gasteiger partial charge in [0.15, 0.2) is 5.78 Å². The molecule has 0 heterocycles. The van der Waals surface area contributed by atoms with E-state index < -0.39 is 11.7 Å². The Morgan fingerprint density at radius 1 is 1.30 bits per heavy atom. The van der Waals surface area contributed by atoms with E-state index in [0.29, 0.717) is 15.6 Å². The highest BCUT2D eigenvalue weighted by Gasteiger charge is 2.23. The fourth-order valence-electron chi connectivity index (χ4n) is 1.95. The van der Waals surface area contributed by atoms with E-state index in [1.165, 1.54) is 18.2 Å². The van der Waals surface area contributed by atoms with E-state index in [9.17, 15) is 14.4 Å². The third-order valence-electron chi connectivity index (χ3n) is 2.96. The standard InChI is InChI=1S/C16H11BrFNO/c1-10-5-6-13(15(17)7-10)16(20)14(9-19)11-3-2-4-12(18)8-11/h2-8,14H,1H3. The van der Waals surface area contributed by atoms with Gasteiger partial charge in [0, 0.05) is 10.0 Å². The van der Waals surface area contributed by atoms with Gasteiger partial charge in [-0.2, -0.15) is 5.26 Å². The predicted octanol–water partition coefficient (Wildman–Crippen LogP) is 4.39. The molecule has 2 rings (SSSR count). The molecule has 0 amide bonds. The largest absolute Gasteiger partial charge is 0.292 e. The first-order chi connectivity index (χ1) is 9.52. The monoisotopic (exact) mass is 331 g/mol. The summed E-state index contributed by atoms with van der Waals surface area (Å²) in [7, 11) is 0. The molecule has 0 fully saturated rings. The molecule has 0 radical (unpaired) electrons. The summed E-state index contributed by atoms with van der Waals surface area (Å²) in [6, 6.07) is 12.8. The molecule has 100 valence electrons. The number of ketones is 1. The highest BCUT2D eigenvalue weighted by atomic mass is 79.9. The normalized spacial score (nSPS) is 11.7. The Labute approximate surface area is 125 Å². The van der Waals surface area contributed by atoms with Crippen molar-refractivity contribution < 1.29 is 9.18 Å². The van der Waals surface area contributed by atoms with Crippen LogP contribution in [-0.4, -0.2) is 5.78 Å². The van der Waals surface area contributed by atoms with Crippen LogP contribution in [0.5, 0.6) is 0 Å². The van der Waals surface area contributed by atoms with Crippen LogP contribution in [0.15, 0.2) is 46.9 Å². The molecule has 1 atom stereocenters. The number of nitriles is 1. The van der Waals surface area contributed by atoms with Crippen molar-refractivity contribution in [2.45, 2.75) is 12.8 Å². The second-order valence-corrected chi connectivity index (χ2v) is 5.32. The lowest BCUT2D eigenvalue weighted by Crippen LogP contribution is -2.12. The number of carbonyl (C=O) groups excluding carboxylic acids is 1. The van der Waals surface area contributed by atoms with Crippen LogP contribution in [0.4, 0.5) is 4.39 Å². The Morgan fingerprint density at radius 2 is 2.05 bits per heavy atom. The summed E-state index contributed by atoms with van der Waals surface area (Å²) in [5.41, 5.74) is 1.80. The zero-order chi connectivity index (χ0) is 14.7. The van der Waals surface area contributed by atoms with Crippen molar-refractivity contribution in [1.29, 1.82) is 5.26 Å². The van der Waals surface area contributed by atoms with E-state index in [1.54, 1.807) is 18.2 Å². The lowest BCUT2D eigenvalue weighted by Gasteiger charge is -2.10. The number of nitrogens with zero attached hydrogens (tertiary/aromatic N) is 1. The zero-order valence-corrected chi connectivity index (χ0v) is 12.3. The molecule has 0 aliphatic carbocycles. The number of carbonyl (C=O) groups is 1. The van der Waals surface area contributed by atoms with Crippen LogP contribution in [0, 0.1) is 24.1 Å². The fourth-order valence-corrected chi connectivity index (χ4v) is 2.63. The summed E-state index contributed by atoms with van der Waals surface area (Å²) >= 11 is 3.33. The van der Waals surface area contributed by atoms with Crippen LogP contribution in [0.3, 0.4) is 0 Å². The van der Waals surface area contributed by atoms with Crippen molar-refractivity contribution in [2.75, 3.05) is 0 Å². The number of rotatable bonds is 3. The second kappa shape index (κ2) is 5.98. The highest BCUT2D eigenvalue weighted by Crippen LogP contribution is 2.26. The second-order valence-electron chi connectivity index (χ2n) is 4.46. The first-order valence-corrected chi connectivity index (χ1v) is 6.77. The molecule has 0 N–H and O–H groups in total. The molecule has 20 heavy (non-hydrogen) atoms. The topological polar surface area (TPSA) is 40.9 Å². The quantitative estimate of drug-likeness (QED) is 0.783. The Morgan fingerprint density at radius 3 is 2.65 bits per heavy atom. The molecule has 2 aromatic carbocycles. The van der Waals surface area contributed by atoms with Gasteiger partial charge in [0.2, 0.25) is 0 Å². The van der Waals surface area contributed by atoms with E-state index in [0.717, 1.165) is 5.56 Å². The maximum atomic E-state index is 13.2. The number of hydrogen-bond acceptors (Lipinski definition) is 2. The smallest absolute Gasteiger partial charge is 0.185 e. The number of benzene rings is 2. The minimum atomic E-state index is -1.01. The lowest BCUT2D eigenvalue weighted by molar-refractivity contribution is 0.0978. The van der Waals surface area contributed by atoms with Crippen LogP contribution in [0.1, 0.15) is 27.4 Å². The van der Waals surface area contributed by atoms with Crippen LogP contribution in [-0.2, 0) is 0 Å². The fraction of sp³-hybridized carbons (Fsp3) is 0.125. The Hall–Kier alpha value is -1.99. The van der Waals surface area contributed by atoms with Gasteiger partial charge in [-0.05, 0) is 42.3 Å². The van der Waals surface area contributed by atoms with E-state index >= 15 is 0 Å². The molecular formula is C16H11BrFNO. The lowest BCUT2D eigenvalue weighted by atomic mass is 9.91. The van der Waals surface area contributed by atoms with Crippen molar-refractivity contribution in [3.05, 3.63) is 69.4 Å². The first kappa shape index (κ1) is 14.4. The van der Waals surface area contributed by atoms with Crippen molar-refractivity contribution in [2.24, 2.45) is 0 Å². The van der Waals surface area contributed by atoms with Crippen LogP contribution in [0.2, 0.25) is 0 Å². The molecular weight excluding hydrogens is 321 g/mol. The minimum absolute atomic E-state index is 0.343. The van der Waals surface area contributed by atoms with Gasteiger partial charge >= 0.3 is 0 Å². The van der Waals surface area contributed by atoms with Crippen LogP contribution >= 0.6 is 15.9 Å². The zero-order valence-electron chi connectivity index (χ0n) is 10.7. The van der Waals surface area contributed by atoms with Crippen molar-refractivity contribution in [3.8, 4) is 6.07 Å². The molecule has 0 aliphatic rings. The minimum Gasteiger partial charge on any atom is -0.292 e. The molecule has 0 spiro atoms. The van der Waals surface area contributed by atoms with Gasteiger partial charge in [-0.1, -0.05) is 34.1 Å². The molecule has 0 aromatic heterocycles. The molecule has 0 saturated heterocycles. The van der Waals surface area contributed by atoms with E-state index in [4.69, 9.17) is 0 Å². The van der Waals surface area contributed by atoms with E-state index in [2.05, 4.69) is 15.9 Å². The Kier molecular flexibility index (Phi) is 4.31. The summed E-state index contributed by atoms with van der Waals surface area (Å²) in [5, 5.41) is 9.24. The van der Waals surface area contributed by atoms with Crippen LogP contribution in [0.25, 0.3) is 0 Å². The SMILES string of the molecule is Cc1ccc(C(=O)C(C#N)c2cccc(F)c2)c(Br)c1. The maximum absolute atomic E-state index is 13.2. The van der Waals surface area contributed by atoms with Gasteiger partial charge in [-0.25, -0.2) is 4.39 Å². The van der Waals surface area contributed by atoms with Gasteiger partial charge < -0.3 is 0 Å². The summed E-state index contributed by atoms with van der Waals surface area (Å²) in [6.07, 6.45) is 0. The number of hydrogen-bond donors (Lipinski definition) is 0. The average Bonchev–Trinajstić information content (AvgIpc) is 2.39. The van der Waals surface area contributed by atoms with Gasteiger partial charge in [0.1, 0.15) is 11.7 Å². The maximum Gasteiger partial charge on any atom is 0.185 e. The predicted molar refractivity (Wildman–Crippen MR) is 78.0 cm³/mol. The van der Waals surface area contributed by atoms with Gasteiger partial charge in [0.25, 0.3) is 0 Å². The van der Waals surface area contributed by atoms with Crippen molar-refractivity contribution in [1.82, 2.24) is 0 Å². The Balaban J connectivity index is 2.42. The number of Topliss-reactive ketones (excluding diaryl/α,β-unsaturated/α-hetero) is 1. The third-order valence-corrected chi connectivity index (χ3v) is 3.62. The summed E-state index contributed by atoms with van der Waals surface area (Å²) in [5.74, 6) is -1.81. The average molecular weight is 332 g/mol. The van der Waals surface area contributed by atoms with Gasteiger partial charge in [-0.3, -0.25) is 4.79 Å². The first-order valence-electron chi connectivity index (χ1n) is 5.98. The highest BCUT2D eigenvalue weighted by molar-refractivity contribution is 9.10. The molecule has 0 aliphatic heterocycles. The van der Waals surface area contributed by atoms with Gasteiger partial charge in [0.05, 0.1) is 6.07 Å². The van der Waals surface area contributed by atoms with E-state index in [1.807, 2.05) is 19.1 Å². The third kappa shape index (κ3) is 2.94. The Bertz CT molecular complexity index is 706. The molecule has 2 aromatic rings. The number of aryl methyl sites for hydroxylation is 1. The number of halogens is 2. The molecule has 1 unspecified atom stereocenters. The molecule has 2 nitrogen and oxygen atoms in total. The summed E-state index contributed by atoms with van der Waals surface area (Å²) in [6.45, 7) is 1.91. The van der Waals surface area contributed by atoms with Crippen LogP contribution < -0.4 is 0 Å². The van der Waals surface area contributed by atoms with Crippen molar-refractivity contribution in [3.63, 3.8) is 0 Å². The molecule has 4 heteroatoms. The summed E-state index contributed by atoms with van der Waals surface area (Å²) in [4.78, 5) is 12.4. The molecule has 0 saturated carbocycles. The van der Waals surface area contributed by atoms with Gasteiger partial charge in [-0.15, -0.1) is 0 Å². The molecule has 0 bridgehead atoms. The summed E-state index contributed by atoms with van der Waals surface area (Å²) < 4.78 is 13.9. The van der Waals surface area contributed by atoms with Crippen molar-refractivity contribution >= 4 is 21.7 Å². The van der Waals surface area contributed by atoms with E-state index in [-0.39, 0.29) is 5.78 Å².